The molecule has 0 saturated carbocycles. The number of halogens is 2. The highest BCUT2D eigenvalue weighted by Crippen LogP contribution is 2.32. The molecule has 3 aromatic carbocycles. The van der Waals surface area contributed by atoms with Gasteiger partial charge in [-0.05, 0) is 40.8 Å². The van der Waals surface area contributed by atoms with Crippen LogP contribution in [0.4, 0.5) is 10.1 Å². The molecule has 0 unspecified atom stereocenters. The molecule has 3 aromatic rings. The number of hydrogen-bond acceptors (Lipinski definition) is 1. The summed E-state index contributed by atoms with van der Waals surface area (Å²) >= 11 is 5.92. The van der Waals surface area contributed by atoms with Crippen molar-refractivity contribution >= 4 is 28.1 Å². The van der Waals surface area contributed by atoms with Crippen molar-refractivity contribution in [1.29, 1.82) is 0 Å². The molecule has 0 aliphatic carbocycles. The van der Waals surface area contributed by atoms with Crippen molar-refractivity contribution in [1.82, 2.24) is 0 Å². The van der Waals surface area contributed by atoms with Crippen LogP contribution in [0.25, 0.3) is 21.9 Å². The van der Waals surface area contributed by atoms with Crippen molar-refractivity contribution in [3.63, 3.8) is 0 Å². The molecule has 0 aliphatic rings. The Kier molecular flexibility index (Phi) is 2.88. The molecule has 0 spiro atoms. The van der Waals surface area contributed by atoms with Crippen molar-refractivity contribution in [2.24, 2.45) is 0 Å². The summed E-state index contributed by atoms with van der Waals surface area (Å²) in [5.41, 5.74) is 8.35. The molecule has 19 heavy (non-hydrogen) atoms. The molecule has 2 N–H and O–H groups in total. The first-order valence-electron chi connectivity index (χ1n) is 5.89. The zero-order valence-electron chi connectivity index (χ0n) is 10.0. The summed E-state index contributed by atoms with van der Waals surface area (Å²) in [5, 5.41) is 2.33. The molecule has 0 heterocycles. The van der Waals surface area contributed by atoms with Crippen LogP contribution in [-0.4, -0.2) is 0 Å². The zero-order chi connectivity index (χ0) is 13.4. The molecule has 0 aromatic heterocycles. The minimum atomic E-state index is -0.344. The van der Waals surface area contributed by atoms with Crippen molar-refractivity contribution < 1.29 is 4.39 Å². The first-order chi connectivity index (χ1) is 9.15. The van der Waals surface area contributed by atoms with E-state index in [2.05, 4.69) is 0 Å². The minimum absolute atomic E-state index is 0.344. The van der Waals surface area contributed by atoms with E-state index in [0.29, 0.717) is 10.7 Å². The van der Waals surface area contributed by atoms with Gasteiger partial charge in [-0.1, -0.05) is 41.9 Å². The maximum Gasteiger partial charge on any atom is 0.125 e. The van der Waals surface area contributed by atoms with Crippen LogP contribution >= 0.6 is 11.6 Å². The van der Waals surface area contributed by atoms with Gasteiger partial charge < -0.3 is 5.73 Å². The van der Waals surface area contributed by atoms with Gasteiger partial charge in [0.05, 0.1) is 0 Å². The Balaban J connectivity index is 2.33. The fourth-order valence-corrected chi connectivity index (χ4v) is 2.52. The summed E-state index contributed by atoms with van der Waals surface area (Å²) in [4.78, 5) is 0. The number of nitrogens with two attached hydrogens (primary N) is 1. The number of anilines is 1. The highest BCUT2D eigenvalue weighted by atomic mass is 35.5. The van der Waals surface area contributed by atoms with Gasteiger partial charge in [-0.15, -0.1) is 0 Å². The van der Waals surface area contributed by atoms with Crippen LogP contribution in [0.1, 0.15) is 0 Å². The van der Waals surface area contributed by atoms with E-state index in [1.54, 1.807) is 6.07 Å². The molecule has 0 saturated heterocycles. The summed E-state index contributed by atoms with van der Waals surface area (Å²) in [7, 11) is 0. The summed E-state index contributed by atoms with van der Waals surface area (Å²) in [6.07, 6.45) is 0. The Hall–Kier alpha value is -2.06. The Morgan fingerprint density at radius 1 is 0.895 bits per heavy atom. The van der Waals surface area contributed by atoms with Gasteiger partial charge in [-0.3, -0.25) is 0 Å². The highest BCUT2D eigenvalue weighted by molar-refractivity contribution is 6.31. The molecule has 1 nitrogen and oxygen atoms in total. The Bertz CT molecular complexity index is 748. The molecule has 0 aliphatic heterocycles. The molecule has 0 radical (unpaired) electrons. The van der Waals surface area contributed by atoms with E-state index in [-0.39, 0.29) is 5.82 Å². The van der Waals surface area contributed by atoms with E-state index in [1.807, 2.05) is 36.4 Å². The Labute approximate surface area is 115 Å². The average molecular weight is 272 g/mol. The number of rotatable bonds is 1. The van der Waals surface area contributed by atoms with Crippen molar-refractivity contribution in [3.05, 3.63) is 65.4 Å². The number of benzene rings is 3. The van der Waals surface area contributed by atoms with Crippen molar-refractivity contribution in [3.8, 4) is 11.1 Å². The molecular weight excluding hydrogens is 261 g/mol. The van der Waals surface area contributed by atoms with Gasteiger partial charge in [0.15, 0.2) is 0 Å². The van der Waals surface area contributed by atoms with Crippen LogP contribution in [0.15, 0.2) is 54.6 Å². The lowest BCUT2D eigenvalue weighted by atomic mass is 9.97. The van der Waals surface area contributed by atoms with Gasteiger partial charge in [-0.2, -0.15) is 0 Å². The van der Waals surface area contributed by atoms with Crippen LogP contribution in [-0.2, 0) is 0 Å². The van der Waals surface area contributed by atoms with E-state index >= 15 is 0 Å². The van der Waals surface area contributed by atoms with Crippen molar-refractivity contribution in [2.75, 3.05) is 5.73 Å². The zero-order valence-corrected chi connectivity index (χ0v) is 10.8. The summed E-state index contributed by atoms with van der Waals surface area (Å²) in [5.74, 6) is -0.344. The molecule has 3 heteroatoms. The standard InChI is InChI=1S/C16H11ClFN/c17-11-7-10(8-12(18)9-11)13-3-1-5-15-14(13)4-2-6-16(15)19/h1-9H,19H2. The molecule has 0 fully saturated rings. The molecule has 94 valence electrons. The van der Waals surface area contributed by atoms with Gasteiger partial charge in [0.2, 0.25) is 0 Å². The SMILES string of the molecule is Nc1cccc2c(-c3cc(F)cc(Cl)c3)cccc12. The fraction of sp³-hybridized carbons (Fsp3) is 0. The van der Waals surface area contributed by atoms with Crippen LogP contribution in [0.5, 0.6) is 0 Å². The lowest BCUT2D eigenvalue weighted by Gasteiger charge is -2.09. The Morgan fingerprint density at radius 3 is 2.42 bits per heavy atom. The minimum Gasteiger partial charge on any atom is -0.398 e. The van der Waals surface area contributed by atoms with E-state index < -0.39 is 0 Å². The van der Waals surface area contributed by atoms with Crippen molar-refractivity contribution in [2.45, 2.75) is 0 Å². The van der Waals surface area contributed by atoms with Crippen LogP contribution in [0.3, 0.4) is 0 Å². The van der Waals surface area contributed by atoms with Crippen LogP contribution < -0.4 is 5.73 Å². The Morgan fingerprint density at radius 2 is 1.63 bits per heavy atom. The first-order valence-corrected chi connectivity index (χ1v) is 6.26. The van der Waals surface area contributed by atoms with E-state index in [1.165, 1.54) is 12.1 Å². The fourth-order valence-electron chi connectivity index (χ4n) is 2.30. The number of fused-ring (bicyclic) bond motifs is 1. The van der Waals surface area contributed by atoms with E-state index in [4.69, 9.17) is 17.3 Å². The largest absolute Gasteiger partial charge is 0.398 e. The van der Waals surface area contributed by atoms with Gasteiger partial charge in [0.1, 0.15) is 5.82 Å². The average Bonchev–Trinajstić information content (AvgIpc) is 2.37. The second-order valence-electron chi connectivity index (χ2n) is 4.41. The quantitative estimate of drug-likeness (QED) is 0.627. The summed E-state index contributed by atoms with van der Waals surface area (Å²) in [6, 6.07) is 16.0. The summed E-state index contributed by atoms with van der Waals surface area (Å²) < 4.78 is 13.5. The summed E-state index contributed by atoms with van der Waals surface area (Å²) in [6.45, 7) is 0. The van der Waals surface area contributed by atoms with Crippen LogP contribution in [0, 0.1) is 5.82 Å². The van der Waals surface area contributed by atoms with Crippen LogP contribution in [0.2, 0.25) is 5.02 Å². The second-order valence-corrected chi connectivity index (χ2v) is 4.84. The number of hydrogen-bond donors (Lipinski definition) is 1. The smallest absolute Gasteiger partial charge is 0.125 e. The maximum absolute atomic E-state index is 13.5. The predicted octanol–water partition coefficient (Wildman–Crippen LogP) is 4.88. The van der Waals surface area contributed by atoms with Gasteiger partial charge in [0.25, 0.3) is 0 Å². The maximum atomic E-state index is 13.5. The third-order valence-corrected chi connectivity index (χ3v) is 3.35. The predicted molar refractivity (Wildman–Crippen MR) is 78.8 cm³/mol. The monoisotopic (exact) mass is 271 g/mol. The first kappa shape index (κ1) is 12.0. The second kappa shape index (κ2) is 4.56. The van der Waals surface area contributed by atoms with E-state index in [0.717, 1.165) is 21.9 Å². The number of nitrogen functional groups attached to an aromatic ring is 1. The highest BCUT2D eigenvalue weighted by Gasteiger charge is 2.07. The topological polar surface area (TPSA) is 26.0 Å². The van der Waals surface area contributed by atoms with Gasteiger partial charge in [0, 0.05) is 16.1 Å². The third-order valence-electron chi connectivity index (χ3n) is 3.13. The van der Waals surface area contributed by atoms with E-state index in [9.17, 15) is 4.39 Å². The normalized spacial score (nSPS) is 10.8. The third kappa shape index (κ3) is 2.15. The molecule has 0 atom stereocenters. The molecule has 3 rings (SSSR count). The molecule has 0 bridgehead atoms. The molecule has 0 amide bonds. The lowest BCUT2D eigenvalue weighted by molar-refractivity contribution is 0.628. The lowest BCUT2D eigenvalue weighted by Crippen LogP contribution is -1.88. The van der Waals surface area contributed by atoms with Gasteiger partial charge in [-0.25, -0.2) is 4.39 Å². The molecular formula is C16H11ClFN. The van der Waals surface area contributed by atoms with Gasteiger partial charge >= 0.3 is 0 Å².